The zero-order valence-electron chi connectivity index (χ0n) is 17.7. The van der Waals surface area contributed by atoms with Crippen molar-refractivity contribution in [2.75, 3.05) is 36.0 Å². The molecule has 1 unspecified atom stereocenters. The molecule has 5 rings (SSSR count). The smallest absolute Gasteiger partial charge is 0.253 e. The summed E-state index contributed by atoms with van der Waals surface area (Å²) >= 11 is 5.36. The van der Waals surface area contributed by atoms with E-state index in [1.807, 2.05) is 12.2 Å². The molecular weight excluding hydrogens is 439 g/mol. The molecule has 1 fully saturated rings. The minimum atomic E-state index is -0.444. The molecule has 33 heavy (non-hydrogen) atoms. The van der Waals surface area contributed by atoms with E-state index in [1.165, 1.54) is 17.0 Å². The largest absolute Gasteiger partial charge is 0.368 e. The summed E-state index contributed by atoms with van der Waals surface area (Å²) in [6, 6.07) is 13.3. The minimum absolute atomic E-state index is 0.0616. The van der Waals surface area contributed by atoms with E-state index in [4.69, 9.17) is 12.2 Å². The maximum Gasteiger partial charge on any atom is 0.253 e. The molecule has 0 bridgehead atoms. The number of rotatable bonds is 3. The number of anilines is 2. The second-order valence-corrected chi connectivity index (χ2v) is 8.38. The topological polar surface area (TPSA) is 56.2 Å². The van der Waals surface area contributed by atoms with Gasteiger partial charge in [0, 0.05) is 37.4 Å². The van der Waals surface area contributed by atoms with E-state index in [-0.39, 0.29) is 22.7 Å². The van der Waals surface area contributed by atoms with Gasteiger partial charge >= 0.3 is 0 Å². The molecule has 0 N–H and O–H groups in total. The van der Waals surface area contributed by atoms with Gasteiger partial charge in [-0.3, -0.25) is 14.5 Å². The van der Waals surface area contributed by atoms with Gasteiger partial charge in [-0.2, -0.15) is 0 Å². The van der Waals surface area contributed by atoms with Crippen molar-refractivity contribution in [2.24, 2.45) is 10.9 Å². The highest BCUT2D eigenvalue weighted by Gasteiger charge is 2.34. The van der Waals surface area contributed by atoms with Crippen LogP contribution in [0.1, 0.15) is 10.4 Å². The first-order valence-electron chi connectivity index (χ1n) is 10.7. The van der Waals surface area contributed by atoms with E-state index >= 15 is 0 Å². The Kier molecular flexibility index (Phi) is 5.60. The van der Waals surface area contributed by atoms with Gasteiger partial charge in [-0.05, 0) is 66.8 Å². The van der Waals surface area contributed by atoms with Crippen molar-refractivity contribution < 1.29 is 14.0 Å². The molecular formula is C25H21FN4O2S. The predicted octanol–water partition coefficient (Wildman–Crippen LogP) is 3.60. The number of fused-ring (bicyclic) bond motifs is 1. The second-order valence-electron chi connectivity index (χ2n) is 8.02. The maximum absolute atomic E-state index is 13.2. The van der Waals surface area contributed by atoms with Crippen LogP contribution in [-0.2, 0) is 4.79 Å². The van der Waals surface area contributed by atoms with Crippen molar-refractivity contribution in [1.82, 2.24) is 4.90 Å². The Morgan fingerprint density at radius 1 is 0.939 bits per heavy atom. The maximum atomic E-state index is 13.2. The predicted molar refractivity (Wildman–Crippen MR) is 130 cm³/mol. The summed E-state index contributed by atoms with van der Waals surface area (Å²) in [4.78, 5) is 35.7. The highest BCUT2D eigenvalue weighted by atomic mass is 32.1. The molecule has 0 radical (unpaired) electrons. The van der Waals surface area contributed by atoms with Crippen LogP contribution in [-0.4, -0.2) is 53.7 Å². The summed E-state index contributed by atoms with van der Waals surface area (Å²) in [6.45, 7) is 2.50. The number of amides is 2. The van der Waals surface area contributed by atoms with E-state index in [0.717, 1.165) is 5.69 Å². The Balaban J connectivity index is 1.26. The van der Waals surface area contributed by atoms with Gasteiger partial charge in [-0.1, -0.05) is 18.2 Å². The van der Waals surface area contributed by atoms with Crippen molar-refractivity contribution >= 4 is 46.2 Å². The van der Waals surface area contributed by atoms with E-state index in [9.17, 15) is 14.0 Å². The van der Waals surface area contributed by atoms with Gasteiger partial charge in [0.1, 0.15) is 5.82 Å². The fourth-order valence-electron chi connectivity index (χ4n) is 4.23. The number of allylic oxidation sites excluding steroid dienone is 3. The fraction of sp³-hybridized carbons (Fsp3) is 0.200. The third-order valence-corrected chi connectivity index (χ3v) is 6.31. The molecule has 0 saturated carbocycles. The summed E-state index contributed by atoms with van der Waals surface area (Å²) in [5.41, 5.74) is 2.74. The van der Waals surface area contributed by atoms with E-state index in [2.05, 4.69) is 9.89 Å². The monoisotopic (exact) mass is 460 g/mol. The molecule has 2 aromatic carbocycles. The highest BCUT2D eigenvalue weighted by molar-refractivity contribution is 7.80. The van der Waals surface area contributed by atoms with Crippen LogP contribution in [0, 0.1) is 11.7 Å². The Morgan fingerprint density at radius 3 is 2.30 bits per heavy atom. The number of piperazine rings is 1. The molecule has 2 aliphatic heterocycles. The number of thiocarbonyl (C=S) groups is 1. The standard InChI is InChI=1S/C25H21FN4O2S/c26-18-7-11-19(12-8-18)28-13-15-29(16-14-28)23(31)17-5-9-20(10-6-17)30-24(32)21-3-1-2-4-22(21)27-25(30)33/h1-12,21H,13-16H2. The van der Waals surface area contributed by atoms with Crippen LogP contribution in [0.5, 0.6) is 0 Å². The molecule has 0 aromatic heterocycles. The lowest BCUT2D eigenvalue weighted by molar-refractivity contribution is -0.118. The first-order valence-corrected chi connectivity index (χ1v) is 11.1. The van der Waals surface area contributed by atoms with Crippen LogP contribution in [0.4, 0.5) is 15.8 Å². The average molecular weight is 461 g/mol. The number of hydrogen-bond acceptors (Lipinski definition) is 4. The molecule has 1 saturated heterocycles. The number of carbonyl (C=O) groups excluding carboxylic acids is 2. The normalized spacial score (nSPS) is 20.1. The number of nitrogens with zero attached hydrogens (tertiary/aromatic N) is 4. The van der Waals surface area contributed by atoms with E-state index in [1.54, 1.807) is 53.5 Å². The summed E-state index contributed by atoms with van der Waals surface area (Å²) in [5, 5.41) is 0.196. The lowest BCUT2D eigenvalue weighted by atomic mass is 9.95. The quantitative estimate of drug-likeness (QED) is 0.657. The van der Waals surface area contributed by atoms with Crippen LogP contribution < -0.4 is 9.80 Å². The first kappa shape index (κ1) is 21.2. The molecule has 2 heterocycles. The average Bonchev–Trinajstić information content (AvgIpc) is 2.85. The molecule has 6 nitrogen and oxygen atoms in total. The SMILES string of the molecule is O=C(c1ccc(N2C(=O)C3C=CC=CC3=NC2=S)cc1)N1CCN(c2ccc(F)cc2)CC1. The molecule has 3 aliphatic rings. The van der Waals surface area contributed by atoms with Crippen LogP contribution in [0.25, 0.3) is 0 Å². The summed E-state index contributed by atoms with van der Waals surface area (Å²) in [5.74, 6) is -0.919. The number of benzene rings is 2. The molecule has 2 aromatic rings. The molecule has 166 valence electrons. The van der Waals surface area contributed by atoms with Crippen LogP contribution >= 0.6 is 12.2 Å². The number of carbonyl (C=O) groups is 2. The van der Waals surface area contributed by atoms with Gasteiger partial charge in [-0.15, -0.1) is 0 Å². The number of aliphatic imine (C=N–C) groups is 1. The molecule has 2 amide bonds. The molecule has 0 spiro atoms. The van der Waals surface area contributed by atoms with Crippen LogP contribution in [0.15, 0.2) is 77.8 Å². The van der Waals surface area contributed by atoms with Gasteiger partial charge < -0.3 is 9.80 Å². The number of halogens is 1. The summed E-state index contributed by atoms with van der Waals surface area (Å²) in [7, 11) is 0. The van der Waals surface area contributed by atoms with Gasteiger partial charge in [0.05, 0.1) is 17.3 Å². The van der Waals surface area contributed by atoms with Crippen molar-refractivity contribution in [3.63, 3.8) is 0 Å². The zero-order chi connectivity index (χ0) is 22.9. The zero-order valence-corrected chi connectivity index (χ0v) is 18.5. The molecule has 1 aliphatic carbocycles. The summed E-state index contributed by atoms with van der Waals surface area (Å²) in [6.07, 6.45) is 7.26. The van der Waals surface area contributed by atoms with Crippen molar-refractivity contribution in [1.29, 1.82) is 0 Å². The van der Waals surface area contributed by atoms with Crippen molar-refractivity contribution in [2.45, 2.75) is 0 Å². The van der Waals surface area contributed by atoms with Crippen molar-refractivity contribution in [3.8, 4) is 0 Å². The fourth-order valence-corrected chi connectivity index (χ4v) is 4.53. The van der Waals surface area contributed by atoms with E-state index in [0.29, 0.717) is 43.1 Å². The Hall–Kier alpha value is -3.65. The third kappa shape index (κ3) is 4.09. The lowest BCUT2D eigenvalue weighted by Gasteiger charge is -2.36. The van der Waals surface area contributed by atoms with Gasteiger partial charge in [0.2, 0.25) is 11.0 Å². The van der Waals surface area contributed by atoms with Gasteiger partial charge in [0.15, 0.2) is 0 Å². The van der Waals surface area contributed by atoms with Gasteiger partial charge in [-0.25, -0.2) is 9.38 Å². The highest BCUT2D eigenvalue weighted by Crippen LogP contribution is 2.26. The summed E-state index contributed by atoms with van der Waals surface area (Å²) < 4.78 is 13.2. The van der Waals surface area contributed by atoms with Crippen LogP contribution in [0.2, 0.25) is 0 Å². The third-order valence-electron chi connectivity index (χ3n) is 6.03. The Bertz CT molecular complexity index is 1200. The van der Waals surface area contributed by atoms with E-state index < -0.39 is 5.92 Å². The Morgan fingerprint density at radius 2 is 1.61 bits per heavy atom. The number of hydrogen-bond donors (Lipinski definition) is 0. The Labute approximate surface area is 196 Å². The van der Waals surface area contributed by atoms with Crippen LogP contribution in [0.3, 0.4) is 0 Å². The molecule has 1 atom stereocenters. The lowest BCUT2D eigenvalue weighted by Crippen LogP contribution is -2.48. The molecule has 8 heteroatoms. The minimum Gasteiger partial charge on any atom is -0.368 e. The first-order chi connectivity index (χ1) is 16.0. The second kappa shape index (κ2) is 8.71. The van der Waals surface area contributed by atoms with Gasteiger partial charge in [0.25, 0.3) is 5.91 Å². The van der Waals surface area contributed by atoms with Crippen molar-refractivity contribution in [3.05, 3.63) is 84.2 Å².